The van der Waals surface area contributed by atoms with Crippen molar-refractivity contribution in [2.75, 3.05) is 5.32 Å². The van der Waals surface area contributed by atoms with E-state index in [0.29, 0.717) is 17.3 Å². The number of anilines is 1. The van der Waals surface area contributed by atoms with E-state index in [2.05, 4.69) is 15.5 Å². The molecule has 0 aliphatic heterocycles. The SMILES string of the molecule is O=C(C=NOCc1coc(-c2ccc(F)cc2)n1)Nc1ccc(F)cc1F. The molecule has 0 unspecified atom stereocenters. The highest BCUT2D eigenvalue weighted by Crippen LogP contribution is 2.19. The molecule has 0 aliphatic carbocycles. The summed E-state index contributed by atoms with van der Waals surface area (Å²) in [5, 5.41) is 5.63. The quantitative estimate of drug-likeness (QED) is 0.524. The Balaban J connectivity index is 1.50. The van der Waals surface area contributed by atoms with E-state index >= 15 is 0 Å². The topological polar surface area (TPSA) is 76.7 Å². The third-order valence-corrected chi connectivity index (χ3v) is 3.29. The second kappa shape index (κ2) is 8.17. The normalized spacial score (nSPS) is 10.9. The van der Waals surface area contributed by atoms with Crippen LogP contribution in [0.2, 0.25) is 0 Å². The van der Waals surface area contributed by atoms with Crippen molar-refractivity contribution < 1.29 is 27.2 Å². The number of oxime groups is 1. The molecular formula is C18H12F3N3O3. The zero-order chi connectivity index (χ0) is 19.2. The van der Waals surface area contributed by atoms with E-state index < -0.39 is 17.5 Å². The van der Waals surface area contributed by atoms with E-state index in [1.165, 1.54) is 30.5 Å². The summed E-state index contributed by atoms with van der Waals surface area (Å²) in [6.07, 6.45) is 2.13. The van der Waals surface area contributed by atoms with E-state index in [4.69, 9.17) is 9.25 Å². The molecule has 2 aromatic carbocycles. The predicted molar refractivity (Wildman–Crippen MR) is 90.2 cm³/mol. The maximum Gasteiger partial charge on any atom is 0.270 e. The van der Waals surface area contributed by atoms with E-state index in [1.807, 2.05) is 0 Å². The molecule has 0 aliphatic rings. The molecule has 6 nitrogen and oxygen atoms in total. The Bertz CT molecular complexity index is 971. The van der Waals surface area contributed by atoms with Crippen LogP contribution in [0.5, 0.6) is 0 Å². The van der Waals surface area contributed by atoms with Gasteiger partial charge in [-0.05, 0) is 36.4 Å². The minimum absolute atomic E-state index is 0.0839. The molecule has 0 radical (unpaired) electrons. The molecule has 1 aromatic heterocycles. The number of amides is 1. The molecule has 0 saturated heterocycles. The van der Waals surface area contributed by atoms with Crippen molar-refractivity contribution in [2.45, 2.75) is 6.61 Å². The first-order valence-corrected chi connectivity index (χ1v) is 7.63. The largest absolute Gasteiger partial charge is 0.444 e. The number of benzene rings is 2. The number of oxazole rings is 1. The van der Waals surface area contributed by atoms with E-state index in [0.717, 1.165) is 18.3 Å². The number of aromatic nitrogens is 1. The van der Waals surface area contributed by atoms with Crippen molar-refractivity contribution in [3.05, 3.63) is 71.9 Å². The number of carbonyl (C=O) groups excluding carboxylic acids is 1. The zero-order valence-corrected chi connectivity index (χ0v) is 13.7. The second-order valence-electron chi connectivity index (χ2n) is 5.27. The van der Waals surface area contributed by atoms with Crippen molar-refractivity contribution in [1.29, 1.82) is 0 Å². The molecule has 1 amide bonds. The van der Waals surface area contributed by atoms with Crippen molar-refractivity contribution in [2.24, 2.45) is 5.16 Å². The molecule has 3 rings (SSSR count). The number of hydrogen-bond donors (Lipinski definition) is 1. The number of nitrogens with zero attached hydrogens (tertiary/aromatic N) is 2. The van der Waals surface area contributed by atoms with Gasteiger partial charge in [-0.1, -0.05) is 5.16 Å². The van der Waals surface area contributed by atoms with Gasteiger partial charge in [0.25, 0.3) is 5.91 Å². The Labute approximate surface area is 151 Å². The molecule has 0 atom stereocenters. The minimum Gasteiger partial charge on any atom is -0.444 e. The van der Waals surface area contributed by atoms with Crippen LogP contribution in [-0.2, 0) is 16.2 Å². The van der Waals surface area contributed by atoms with E-state index in [9.17, 15) is 18.0 Å². The zero-order valence-electron chi connectivity index (χ0n) is 13.7. The first-order chi connectivity index (χ1) is 13.0. The molecule has 0 spiro atoms. The lowest BCUT2D eigenvalue weighted by Crippen LogP contribution is -2.14. The van der Waals surface area contributed by atoms with Gasteiger partial charge in [0, 0.05) is 11.6 Å². The van der Waals surface area contributed by atoms with Gasteiger partial charge in [0.2, 0.25) is 5.89 Å². The highest BCUT2D eigenvalue weighted by molar-refractivity contribution is 6.31. The average molecular weight is 375 g/mol. The van der Waals surface area contributed by atoms with Gasteiger partial charge in [0.15, 0.2) is 6.61 Å². The van der Waals surface area contributed by atoms with Crippen LogP contribution >= 0.6 is 0 Å². The van der Waals surface area contributed by atoms with Gasteiger partial charge in [-0.15, -0.1) is 0 Å². The first-order valence-electron chi connectivity index (χ1n) is 7.63. The smallest absolute Gasteiger partial charge is 0.270 e. The number of carbonyl (C=O) groups is 1. The third-order valence-electron chi connectivity index (χ3n) is 3.29. The molecule has 0 fully saturated rings. The van der Waals surface area contributed by atoms with Gasteiger partial charge < -0.3 is 14.6 Å². The Morgan fingerprint density at radius 2 is 1.89 bits per heavy atom. The molecule has 1 heterocycles. The van der Waals surface area contributed by atoms with Gasteiger partial charge in [0.1, 0.15) is 35.6 Å². The molecule has 3 aromatic rings. The number of nitrogens with one attached hydrogen (secondary N) is 1. The highest BCUT2D eigenvalue weighted by atomic mass is 19.1. The molecule has 138 valence electrons. The van der Waals surface area contributed by atoms with Gasteiger partial charge in [-0.25, -0.2) is 18.2 Å². The fourth-order valence-electron chi connectivity index (χ4n) is 2.04. The van der Waals surface area contributed by atoms with Crippen LogP contribution in [0, 0.1) is 17.5 Å². The number of rotatable bonds is 6. The van der Waals surface area contributed by atoms with Crippen molar-refractivity contribution in [3.8, 4) is 11.5 Å². The maximum atomic E-state index is 13.4. The molecule has 0 saturated carbocycles. The predicted octanol–water partition coefficient (Wildman–Crippen LogP) is 3.90. The minimum atomic E-state index is -0.909. The van der Waals surface area contributed by atoms with Crippen molar-refractivity contribution >= 4 is 17.8 Å². The van der Waals surface area contributed by atoms with Crippen LogP contribution in [-0.4, -0.2) is 17.1 Å². The standard InChI is InChI=1S/C18H12F3N3O3/c19-12-3-1-11(2-4-12)18-23-14(9-26-18)10-27-22-8-17(25)24-16-6-5-13(20)7-15(16)21/h1-9H,10H2,(H,24,25). The lowest BCUT2D eigenvalue weighted by atomic mass is 10.2. The molecule has 1 N–H and O–H groups in total. The van der Waals surface area contributed by atoms with Crippen LogP contribution < -0.4 is 5.32 Å². The fourth-order valence-corrected chi connectivity index (χ4v) is 2.04. The Hall–Kier alpha value is -3.62. The second-order valence-corrected chi connectivity index (χ2v) is 5.27. The van der Waals surface area contributed by atoms with Crippen LogP contribution in [0.25, 0.3) is 11.5 Å². The maximum absolute atomic E-state index is 13.4. The highest BCUT2D eigenvalue weighted by Gasteiger charge is 2.08. The summed E-state index contributed by atoms with van der Waals surface area (Å²) in [6, 6.07) is 8.34. The van der Waals surface area contributed by atoms with Crippen LogP contribution in [0.4, 0.5) is 18.9 Å². The molecule has 27 heavy (non-hydrogen) atoms. The van der Waals surface area contributed by atoms with Crippen molar-refractivity contribution in [3.63, 3.8) is 0 Å². The summed E-state index contributed by atoms with van der Waals surface area (Å²) < 4.78 is 44.4. The number of halogens is 3. The number of hydrogen-bond acceptors (Lipinski definition) is 5. The summed E-state index contributed by atoms with van der Waals surface area (Å²) in [5.74, 6) is -2.51. The third kappa shape index (κ3) is 4.94. The first kappa shape index (κ1) is 18.2. The van der Waals surface area contributed by atoms with Crippen LogP contribution in [0.15, 0.2) is 58.3 Å². The van der Waals surface area contributed by atoms with Gasteiger partial charge in [0.05, 0.1) is 5.69 Å². The lowest BCUT2D eigenvalue weighted by molar-refractivity contribution is -0.110. The summed E-state index contributed by atoms with van der Waals surface area (Å²) in [6.45, 7) is -0.0839. The average Bonchev–Trinajstić information content (AvgIpc) is 3.11. The summed E-state index contributed by atoms with van der Waals surface area (Å²) in [4.78, 5) is 20.7. The van der Waals surface area contributed by atoms with Crippen LogP contribution in [0.1, 0.15) is 5.69 Å². The van der Waals surface area contributed by atoms with Crippen molar-refractivity contribution in [1.82, 2.24) is 4.98 Å². The summed E-state index contributed by atoms with van der Waals surface area (Å²) in [7, 11) is 0. The van der Waals surface area contributed by atoms with E-state index in [1.54, 1.807) is 0 Å². The fraction of sp³-hybridized carbons (Fsp3) is 0.0556. The Morgan fingerprint density at radius 3 is 2.63 bits per heavy atom. The Kier molecular flexibility index (Phi) is 5.50. The summed E-state index contributed by atoms with van der Waals surface area (Å²) in [5.41, 5.74) is 0.802. The molecule has 9 heteroatoms. The Morgan fingerprint density at radius 1 is 1.15 bits per heavy atom. The monoisotopic (exact) mass is 375 g/mol. The van der Waals surface area contributed by atoms with Gasteiger partial charge in [-0.3, -0.25) is 4.79 Å². The van der Waals surface area contributed by atoms with Crippen LogP contribution in [0.3, 0.4) is 0 Å². The molecular weight excluding hydrogens is 363 g/mol. The van der Waals surface area contributed by atoms with Gasteiger partial charge in [-0.2, -0.15) is 0 Å². The van der Waals surface area contributed by atoms with E-state index in [-0.39, 0.29) is 24.0 Å². The lowest BCUT2D eigenvalue weighted by Gasteiger charge is -2.02. The summed E-state index contributed by atoms with van der Waals surface area (Å²) >= 11 is 0. The molecule has 0 bridgehead atoms. The van der Waals surface area contributed by atoms with Gasteiger partial charge >= 0.3 is 0 Å².